The van der Waals surface area contributed by atoms with Crippen LogP contribution >= 0.6 is 0 Å². The van der Waals surface area contributed by atoms with Crippen LogP contribution in [0.5, 0.6) is 0 Å². The van der Waals surface area contributed by atoms with Crippen molar-refractivity contribution in [2.45, 2.75) is 0 Å². The number of hydrogen-bond acceptors (Lipinski definition) is 12. The summed E-state index contributed by atoms with van der Waals surface area (Å²) in [6.07, 6.45) is 0. The molecule has 0 aliphatic heterocycles. The quantitative estimate of drug-likeness (QED) is 0.185. The number of hydrogen-bond donors (Lipinski definition) is 7. The molecule has 1 aliphatic rings. The molecule has 12 heteroatoms. The van der Waals surface area contributed by atoms with Crippen LogP contribution in [0.25, 0.3) is 0 Å². The van der Waals surface area contributed by atoms with Gasteiger partial charge < -0.3 is 40.1 Å². The summed E-state index contributed by atoms with van der Waals surface area (Å²) in [5.74, 6) is -0.728. The number of ketones is 2. The van der Waals surface area contributed by atoms with Gasteiger partial charge in [0.1, 0.15) is 0 Å². The van der Waals surface area contributed by atoms with Gasteiger partial charge in [0.05, 0.1) is 22.3 Å². The smallest absolute Gasteiger partial charge is 0.226 e. The molecule has 14 N–H and O–H groups in total. The first kappa shape index (κ1) is 19.2. The van der Waals surface area contributed by atoms with Gasteiger partial charge in [0.2, 0.25) is 17.8 Å². The topological polar surface area (TPSA) is 255 Å². The minimum atomic E-state index is -0.427. The Morgan fingerprint density at radius 2 is 0.655 bits per heavy atom. The predicted octanol–water partition coefficient (Wildman–Crippen LogP) is -0.591. The first-order valence-corrected chi connectivity index (χ1v) is 8.09. The largest absolute Gasteiger partial charge is 0.398 e. The van der Waals surface area contributed by atoms with E-state index in [-0.39, 0.29) is 62.8 Å². The number of nitrogens with two attached hydrogens (primary N) is 7. The highest BCUT2D eigenvalue weighted by Crippen LogP contribution is 2.38. The summed E-state index contributed by atoms with van der Waals surface area (Å²) in [6.45, 7) is 0. The van der Waals surface area contributed by atoms with Gasteiger partial charge in [-0.15, -0.1) is 0 Å². The van der Waals surface area contributed by atoms with Gasteiger partial charge >= 0.3 is 0 Å². The SMILES string of the molecule is Nc1ccc(N)c2c1C(=O)c1c(N)ccc(N)c1C2=O.Nc1nc(N)nc(N)n1. The molecule has 29 heavy (non-hydrogen) atoms. The molecule has 0 saturated heterocycles. The van der Waals surface area contributed by atoms with Crippen LogP contribution in [0, 0.1) is 0 Å². The highest BCUT2D eigenvalue weighted by molar-refractivity contribution is 6.34. The van der Waals surface area contributed by atoms with Crippen molar-refractivity contribution >= 4 is 52.2 Å². The van der Waals surface area contributed by atoms with Crippen LogP contribution < -0.4 is 40.1 Å². The summed E-state index contributed by atoms with van der Waals surface area (Å²) >= 11 is 0. The van der Waals surface area contributed by atoms with Gasteiger partial charge in [-0.3, -0.25) is 9.59 Å². The average molecular weight is 394 g/mol. The van der Waals surface area contributed by atoms with Gasteiger partial charge in [0, 0.05) is 22.7 Å². The van der Waals surface area contributed by atoms with Gasteiger partial charge in [-0.05, 0) is 24.3 Å². The van der Waals surface area contributed by atoms with Crippen molar-refractivity contribution in [1.82, 2.24) is 15.0 Å². The van der Waals surface area contributed by atoms with Crippen molar-refractivity contribution in [2.75, 3.05) is 40.1 Å². The standard InChI is InChI=1S/C14H12N4O2.C3H6N6/c15-5-1-2-6(16)10-9(5)13(19)11-7(17)3-4-8(18)12(11)14(10)20;4-1-7-2(5)9-3(6)8-1/h1-4H,15-18H2;(H6,4,5,6,7,8,9). The Labute approximate surface area is 164 Å². The molecule has 0 amide bonds. The maximum absolute atomic E-state index is 12.6. The second-order valence-electron chi connectivity index (χ2n) is 6.06. The number of aromatic nitrogens is 3. The lowest BCUT2D eigenvalue weighted by molar-refractivity contribution is 0.0981. The van der Waals surface area contributed by atoms with Crippen LogP contribution in [0.1, 0.15) is 31.8 Å². The van der Waals surface area contributed by atoms with E-state index in [9.17, 15) is 9.59 Å². The van der Waals surface area contributed by atoms with E-state index in [4.69, 9.17) is 40.1 Å². The zero-order valence-electron chi connectivity index (χ0n) is 15.0. The van der Waals surface area contributed by atoms with Crippen molar-refractivity contribution in [3.05, 3.63) is 46.5 Å². The molecule has 0 atom stereocenters. The Hall–Kier alpha value is -4.61. The first-order valence-electron chi connectivity index (χ1n) is 8.09. The summed E-state index contributed by atoms with van der Waals surface area (Å²) in [4.78, 5) is 35.6. The summed E-state index contributed by atoms with van der Waals surface area (Å²) in [5.41, 5.74) is 39.8. The fourth-order valence-corrected chi connectivity index (χ4v) is 2.93. The second kappa shape index (κ2) is 6.84. The van der Waals surface area contributed by atoms with Crippen molar-refractivity contribution in [3.8, 4) is 0 Å². The molecule has 0 spiro atoms. The Balaban J connectivity index is 0.000000224. The second-order valence-corrected chi connectivity index (χ2v) is 6.06. The van der Waals surface area contributed by atoms with E-state index in [1.165, 1.54) is 24.3 Å². The molecular formula is C17H18N10O2. The van der Waals surface area contributed by atoms with Crippen molar-refractivity contribution in [3.63, 3.8) is 0 Å². The molecule has 1 aromatic heterocycles. The molecule has 1 aliphatic carbocycles. The Morgan fingerprint density at radius 1 is 0.448 bits per heavy atom. The normalized spacial score (nSPS) is 11.9. The van der Waals surface area contributed by atoms with Gasteiger partial charge in [-0.25, -0.2) is 0 Å². The monoisotopic (exact) mass is 394 g/mol. The number of benzene rings is 2. The molecule has 0 bridgehead atoms. The molecule has 0 radical (unpaired) electrons. The lowest BCUT2D eigenvalue weighted by Crippen LogP contribution is -2.26. The summed E-state index contributed by atoms with van der Waals surface area (Å²) < 4.78 is 0. The molecule has 4 rings (SSSR count). The van der Waals surface area contributed by atoms with Crippen molar-refractivity contribution in [2.24, 2.45) is 0 Å². The van der Waals surface area contributed by atoms with Crippen molar-refractivity contribution < 1.29 is 9.59 Å². The molecule has 0 saturated carbocycles. The van der Waals surface area contributed by atoms with Crippen LogP contribution in [0.3, 0.4) is 0 Å². The fraction of sp³-hybridized carbons (Fsp3) is 0. The Kier molecular flexibility index (Phi) is 4.52. The number of carbonyl (C=O) groups excluding carboxylic acids is 2. The highest BCUT2D eigenvalue weighted by Gasteiger charge is 2.35. The minimum absolute atomic E-state index is 0.0417. The van der Waals surface area contributed by atoms with Crippen LogP contribution in [0.15, 0.2) is 24.3 Å². The fourth-order valence-electron chi connectivity index (χ4n) is 2.93. The molecule has 12 nitrogen and oxygen atoms in total. The molecule has 1 heterocycles. The van der Waals surface area contributed by atoms with E-state index in [0.29, 0.717) is 0 Å². The van der Waals surface area contributed by atoms with E-state index in [1.54, 1.807) is 0 Å². The number of nitrogens with zero attached hydrogens (tertiary/aromatic N) is 3. The molecular weight excluding hydrogens is 376 g/mol. The minimum Gasteiger partial charge on any atom is -0.398 e. The van der Waals surface area contributed by atoms with E-state index in [0.717, 1.165) is 0 Å². The van der Waals surface area contributed by atoms with Gasteiger partial charge in [-0.2, -0.15) is 15.0 Å². The number of carbonyl (C=O) groups is 2. The highest BCUT2D eigenvalue weighted by atomic mass is 16.1. The zero-order valence-corrected chi connectivity index (χ0v) is 15.0. The van der Waals surface area contributed by atoms with Crippen LogP contribution in [-0.2, 0) is 0 Å². The van der Waals surface area contributed by atoms with Gasteiger partial charge in [0.15, 0.2) is 11.6 Å². The Morgan fingerprint density at radius 3 is 0.862 bits per heavy atom. The zero-order chi connectivity index (χ0) is 21.5. The molecule has 2 aromatic carbocycles. The van der Waals surface area contributed by atoms with Crippen molar-refractivity contribution in [1.29, 1.82) is 0 Å². The lowest BCUT2D eigenvalue weighted by atomic mass is 9.81. The Bertz CT molecular complexity index is 995. The average Bonchev–Trinajstić information content (AvgIpc) is 2.62. The van der Waals surface area contributed by atoms with Crippen LogP contribution in [-0.4, -0.2) is 26.5 Å². The van der Waals surface area contributed by atoms with Gasteiger partial charge in [0.25, 0.3) is 0 Å². The van der Waals surface area contributed by atoms with E-state index in [2.05, 4.69) is 15.0 Å². The molecule has 0 unspecified atom stereocenters. The maximum atomic E-state index is 12.6. The summed E-state index contributed by atoms with van der Waals surface area (Å²) in [5, 5.41) is 0. The summed E-state index contributed by atoms with van der Waals surface area (Å²) in [6, 6.07) is 5.97. The van der Waals surface area contributed by atoms with E-state index in [1.807, 2.05) is 0 Å². The number of rotatable bonds is 0. The molecule has 148 valence electrons. The number of anilines is 7. The van der Waals surface area contributed by atoms with Gasteiger partial charge in [-0.1, -0.05) is 0 Å². The number of nitrogen functional groups attached to an aromatic ring is 7. The molecule has 3 aromatic rings. The third-order valence-electron chi connectivity index (χ3n) is 4.14. The van der Waals surface area contributed by atoms with Crippen LogP contribution in [0.2, 0.25) is 0 Å². The van der Waals surface area contributed by atoms with E-state index < -0.39 is 11.6 Å². The maximum Gasteiger partial charge on any atom is 0.226 e. The predicted molar refractivity (Wildman–Crippen MR) is 110 cm³/mol. The molecule has 0 fully saturated rings. The number of fused-ring (bicyclic) bond motifs is 2. The third-order valence-corrected chi connectivity index (χ3v) is 4.14. The summed E-state index contributed by atoms with van der Waals surface area (Å²) in [7, 11) is 0. The first-order chi connectivity index (χ1) is 13.6. The van der Waals surface area contributed by atoms with E-state index >= 15 is 0 Å². The van der Waals surface area contributed by atoms with Crippen LogP contribution in [0.4, 0.5) is 40.6 Å². The lowest BCUT2D eigenvalue weighted by Gasteiger charge is -2.22. The third kappa shape index (κ3) is 3.25.